The Kier molecular flexibility index (Phi) is 7.44. The van der Waals surface area contributed by atoms with Crippen LogP contribution in [0.5, 0.6) is 5.75 Å². The van der Waals surface area contributed by atoms with Crippen molar-refractivity contribution in [2.45, 2.75) is 20.0 Å². The number of aliphatic imine (C=N–C) groups is 1. The number of non-ortho nitro benzene ring substituents is 1. The highest BCUT2D eigenvalue weighted by atomic mass is 79.9. The molecule has 1 N–H and O–H groups in total. The second-order valence-corrected chi connectivity index (χ2v) is 9.29. The molecular weight excluding hydrogens is 518 g/mol. The average Bonchev–Trinajstić information content (AvgIpc) is 3.17. The second kappa shape index (κ2) is 10.7. The van der Waals surface area contributed by atoms with E-state index in [0.29, 0.717) is 25.9 Å². The lowest BCUT2D eigenvalue weighted by molar-refractivity contribution is -0.384. The van der Waals surface area contributed by atoms with Gasteiger partial charge in [-0.15, -0.1) is 0 Å². The molecule has 0 aliphatic carbocycles. The molecule has 0 atom stereocenters. The van der Waals surface area contributed by atoms with Gasteiger partial charge in [0.2, 0.25) is 0 Å². The zero-order valence-electron chi connectivity index (χ0n) is 18.2. The molecule has 3 aromatic rings. The monoisotopic (exact) mass is 537 g/mol. The van der Waals surface area contributed by atoms with Gasteiger partial charge in [0.25, 0.3) is 11.6 Å². The minimum Gasteiger partial charge on any atom is -0.488 e. The Labute approximate surface area is 209 Å². The largest absolute Gasteiger partial charge is 0.488 e. The maximum absolute atomic E-state index is 12.4. The van der Waals surface area contributed by atoms with Crippen molar-refractivity contribution in [2.24, 2.45) is 4.99 Å². The lowest BCUT2D eigenvalue weighted by atomic mass is 10.2. The molecule has 9 heteroatoms. The van der Waals surface area contributed by atoms with Crippen LogP contribution in [-0.2, 0) is 17.8 Å². The lowest BCUT2D eigenvalue weighted by Crippen LogP contribution is -2.19. The Morgan fingerprint density at radius 2 is 1.91 bits per heavy atom. The van der Waals surface area contributed by atoms with Crippen molar-refractivity contribution in [3.63, 3.8) is 0 Å². The van der Waals surface area contributed by atoms with E-state index in [1.807, 2.05) is 36.4 Å². The SMILES string of the molecule is CCc1ccc(N=C2NC(=O)C(=Cc3ccc(OCc4cccc([N+](=O)[O-])c4)c(Br)c3)S2)cc1. The third-order valence-electron chi connectivity index (χ3n) is 5.00. The van der Waals surface area contributed by atoms with Crippen LogP contribution in [0.3, 0.4) is 0 Å². The van der Waals surface area contributed by atoms with E-state index in [-0.39, 0.29) is 18.2 Å². The van der Waals surface area contributed by atoms with Crippen molar-refractivity contribution >= 4 is 56.2 Å². The zero-order valence-corrected chi connectivity index (χ0v) is 20.6. The van der Waals surface area contributed by atoms with Gasteiger partial charge in [-0.1, -0.05) is 37.3 Å². The van der Waals surface area contributed by atoms with Crippen LogP contribution in [-0.4, -0.2) is 16.0 Å². The van der Waals surface area contributed by atoms with Gasteiger partial charge in [-0.25, -0.2) is 4.99 Å². The number of carbonyl (C=O) groups excluding carboxylic acids is 1. The first kappa shape index (κ1) is 23.7. The van der Waals surface area contributed by atoms with E-state index >= 15 is 0 Å². The second-order valence-electron chi connectivity index (χ2n) is 7.41. The average molecular weight is 538 g/mol. The van der Waals surface area contributed by atoms with Gasteiger partial charge in [-0.05, 0) is 81.1 Å². The molecule has 0 saturated carbocycles. The fraction of sp³-hybridized carbons (Fsp3) is 0.120. The summed E-state index contributed by atoms with van der Waals surface area (Å²) in [4.78, 5) is 28.0. The molecule has 172 valence electrons. The third kappa shape index (κ3) is 5.92. The molecule has 7 nitrogen and oxygen atoms in total. The van der Waals surface area contributed by atoms with Crippen molar-refractivity contribution in [3.05, 3.63) is 103 Å². The zero-order chi connectivity index (χ0) is 24.1. The van der Waals surface area contributed by atoms with Crippen molar-refractivity contribution in [1.29, 1.82) is 0 Å². The summed E-state index contributed by atoms with van der Waals surface area (Å²) >= 11 is 4.79. The molecule has 0 aromatic heterocycles. The fourth-order valence-corrected chi connectivity index (χ4v) is 4.55. The number of rotatable bonds is 7. The summed E-state index contributed by atoms with van der Waals surface area (Å²) in [6.45, 7) is 2.29. The highest BCUT2D eigenvalue weighted by molar-refractivity contribution is 9.10. The number of nitrogens with zero attached hydrogens (tertiary/aromatic N) is 2. The lowest BCUT2D eigenvalue weighted by Gasteiger charge is -2.09. The van der Waals surface area contributed by atoms with Crippen LogP contribution in [0.4, 0.5) is 11.4 Å². The van der Waals surface area contributed by atoms with E-state index in [0.717, 1.165) is 17.7 Å². The summed E-state index contributed by atoms with van der Waals surface area (Å²) in [6, 6.07) is 19.7. The number of nitrogens with one attached hydrogen (secondary N) is 1. The van der Waals surface area contributed by atoms with Crippen LogP contribution in [0.2, 0.25) is 0 Å². The van der Waals surface area contributed by atoms with Crippen molar-refractivity contribution in [2.75, 3.05) is 0 Å². The molecule has 0 unspecified atom stereocenters. The smallest absolute Gasteiger partial charge is 0.269 e. The highest BCUT2D eigenvalue weighted by Crippen LogP contribution is 2.31. The maximum Gasteiger partial charge on any atom is 0.269 e. The van der Waals surface area contributed by atoms with Gasteiger partial charge in [-0.2, -0.15) is 0 Å². The first-order valence-electron chi connectivity index (χ1n) is 10.5. The molecule has 0 radical (unpaired) electrons. The van der Waals surface area contributed by atoms with Crippen molar-refractivity contribution in [3.8, 4) is 5.75 Å². The first-order valence-corrected chi connectivity index (χ1v) is 12.1. The van der Waals surface area contributed by atoms with E-state index in [1.54, 1.807) is 24.3 Å². The normalized spacial score (nSPS) is 15.5. The molecule has 0 bridgehead atoms. The molecule has 3 aromatic carbocycles. The first-order chi connectivity index (χ1) is 16.4. The van der Waals surface area contributed by atoms with Crippen LogP contribution in [0.1, 0.15) is 23.6 Å². The number of amides is 1. The molecule has 1 fully saturated rings. The van der Waals surface area contributed by atoms with Gasteiger partial charge in [0.15, 0.2) is 5.17 Å². The molecular formula is C25H20BrN3O4S. The Morgan fingerprint density at radius 3 is 2.62 bits per heavy atom. The van der Waals surface area contributed by atoms with Crippen molar-refractivity contribution < 1.29 is 14.5 Å². The number of hydrogen-bond donors (Lipinski definition) is 1. The van der Waals surface area contributed by atoms with Crippen LogP contribution in [0.15, 0.2) is 81.1 Å². The Morgan fingerprint density at radius 1 is 1.12 bits per heavy atom. The summed E-state index contributed by atoms with van der Waals surface area (Å²) < 4.78 is 6.52. The van der Waals surface area contributed by atoms with Crippen LogP contribution in [0.25, 0.3) is 6.08 Å². The van der Waals surface area contributed by atoms with Gasteiger partial charge in [0.1, 0.15) is 12.4 Å². The number of nitro groups is 1. The fourth-order valence-electron chi connectivity index (χ4n) is 3.20. The summed E-state index contributed by atoms with van der Waals surface area (Å²) in [6.07, 6.45) is 2.75. The van der Waals surface area contributed by atoms with E-state index < -0.39 is 4.92 Å². The number of ether oxygens (including phenoxy) is 1. The summed E-state index contributed by atoms with van der Waals surface area (Å²) in [7, 11) is 0. The topological polar surface area (TPSA) is 93.8 Å². The molecule has 1 saturated heterocycles. The molecule has 0 spiro atoms. The number of amidine groups is 1. The molecule has 1 heterocycles. The summed E-state index contributed by atoms with van der Waals surface area (Å²) in [5.74, 6) is 0.394. The maximum atomic E-state index is 12.4. The van der Waals surface area contributed by atoms with E-state index in [9.17, 15) is 14.9 Å². The van der Waals surface area contributed by atoms with Crippen LogP contribution in [0, 0.1) is 10.1 Å². The van der Waals surface area contributed by atoms with Gasteiger partial charge in [0.05, 0.1) is 20.0 Å². The number of benzene rings is 3. The number of carbonyl (C=O) groups is 1. The number of hydrogen-bond acceptors (Lipinski definition) is 6. The van der Waals surface area contributed by atoms with Gasteiger partial charge >= 0.3 is 0 Å². The van der Waals surface area contributed by atoms with Crippen molar-refractivity contribution in [1.82, 2.24) is 5.32 Å². The number of aryl methyl sites for hydroxylation is 1. The summed E-state index contributed by atoms with van der Waals surface area (Å²) in [5, 5.41) is 14.3. The minimum absolute atomic E-state index is 0.0235. The number of halogens is 1. The quantitative estimate of drug-likeness (QED) is 0.214. The van der Waals surface area contributed by atoms with E-state index in [4.69, 9.17) is 4.74 Å². The molecule has 1 amide bonds. The number of nitro benzene ring substituents is 1. The van der Waals surface area contributed by atoms with Gasteiger partial charge < -0.3 is 10.1 Å². The van der Waals surface area contributed by atoms with Crippen LogP contribution >= 0.6 is 27.7 Å². The van der Waals surface area contributed by atoms with E-state index in [2.05, 4.69) is 33.2 Å². The standard InChI is InChI=1S/C25H20BrN3O4S/c1-2-16-6-9-19(10-7-16)27-25-28-24(30)23(34-25)14-17-8-11-22(21(26)13-17)33-15-18-4-3-5-20(12-18)29(31)32/h3-14H,2,15H2,1H3,(H,27,28,30). The molecule has 34 heavy (non-hydrogen) atoms. The molecule has 1 aliphatic rings. The van der Waals surface area contributed by atoms with Gasteiger partial charge in [0, 0.05) is 12.1 Å². The third-order valence-corrected chi connectivity index (χ3v) is 6.53. The number of thioether (sulfide) groups is 1. The summed E-state index contributed by atoms with van der Waals surface area (Å²) in [5.41, 5.74) is 3.56. The Bertz CT molecular complexity index is 1310. The van der Waals surface area contributed by atoms with Gasteiger partial charge in [-0.3, -0.25) is 14.9 Å². The highest BCUT2D eigenvalue weighted by Gasteiger charge is 2.24. The minimum atomic E-state index is -0.433. The predicted octanol–water partition coefficient (Wildman–Crippen LogP) is 6.39. The van der Waals surface area contributed by atoms with E-state index in [1.165, 1.54) is 29.5 Å². The van der Waals surface area contributed by atoms with Crippen LogP contribution < -0.4 is 10.1 Å². The molecule has 1 aliphatic heterocycles. The molecule has 4 rings (SSSR count). The Hall–Kier alpha value is -3.43. The Balaban J connectivity index is 1.43. The predicted molar refractivity (Wildman–Crippen MR) is 138 cm³/mol.